The zero-order valence-electron chi connectivity index (χ0n) is 11.6. The first-order valence-corrected chi connectivity index (χ1v) is 6.73. The Bertz CT molecular complexity index is 636. The zero-order chi connectivity index (χ0) is 14.8. The Kier molecular flexibility index (Phi) is 3.48. The smallest absolute Gasteiger partial charge is 0.302 e. The molecule has 0 spiro atoms. The topological polar surface area (TPSA) is 59.8 Å². The number of hydrogen-bond acceptors (Lipinski definition) is 4. The van der Waals surface area contributed by atoms with Gasteiger partial charge in [-0.1, -0.05) is 18.2 Å². The largest absolute Gasteiger partial charge is 0.467 e. The summed E-state index contributed by atoms with van der Waals surface area (Å²) in [7, 11) is 0. The summed E-state index contributed by atoms with van der Waals surface area (Å²) >= 11 is 0. The Hall–Kier alpha value is -2.56. The predicted octanol–water partition coefficient (Wildman–Crippen LogP) is 2.55. The van der Waals surface area contributed by atoms with E-state index in [1.165, 1.54) is 6.92 Å². The maximum atomic E-state index is 12.4. The minimum absolute atomic E-state index is 0.0659. The summed E-state index contributed by atoms with van der Waals surface area (Å²) in [6.45, 7) is 1.41. The average Bonchev–Trinajstić information content (AvgIpc) is 2.99. The Morgan fingerprint density at radius 1 is 1.24 bits per heavy atom. The van der Waals surface area contributed by atoms with Gasteiger partial charge in [-0.2, -0.15) is 0 Å². The van der Waals surface area contributed by atoms with Crippen LogP contribution in [0.2, 0.25) is 0 Å². The molecule has 0 saturated carbocycles. The van der Waals surface area contributed by atoms with Gasteiger partial charge in [0, 0.05) is 12.6 Å². The zero-order valence-corrected chi connectivity index (χ0v) is 11.6. The fourth-order valence-corrected chi connectivity index (χ4v) is 2.58. The van der Waals surface area contributed by atoms with Crippen LogP contribution in [0, 0.1) is 5.92 Å². The monoisotopic (exact) mass is 285 g/mol. The number of rotatable bonds is 4. The number of amides is 1. The van der Waals surface area contributed by atoms with Crippen LogP contribution in [-0.4, -0.2) is 18.5 Å². The van der Waals surface area contributed by atoms with Gasteiger partial charge in [-0.3, -0.25) is 9.59 Å². The molecule has 0 bridgehead atoms. The fourth-order valence-electron chi connectivity index (χ4n) is 2.58. The highest BCUT2D eigenvalue weighted by molar-refractivity contribution is 6.03. The number of carbonyl (C=O) groups excluding carboxylic acids is 2. The van der Waals surface area contributed by atoms with Gasteiger partial charge in [-0.05, 0) is 24.3 Å². The van der Waals surface area contributed by atoms with E-state index in [0.717, 1.165) is 5.69 Å². The van der Waals surface area contributed by atoms with Crippen LogP contribution in [0.15, 0.2) is 53.1 Å². The highest BCUT2D eigenvalue weighted by Gasteiger charge is 2.50. The summed E-state index contributed by atoms with van der Waals surface area (Å²) in [5.74, 6) is -0.168. The number of hydrogen-bond donors (Lipinski definition) is 0. The van der Waals surface area contributed by atoms with Gasteiger partial charge in [0.1, 0.15) is 24.3 Å². The van der Waals surface area contributed by atoms with Crippen LogP contribution in [-0.2, 0) is 14.3 Å². The maximum absolute atomic E-state index is 12.4. The second kappa shape index (κ2) is 5.44. The standard InChI is InChI=1S/C16H15NO4/c1-11(18)21-10-13-15(14-8-5-9-20-14)17(16(13)19)12-6-3-2-4-7-12/h2-9,13,15H,10H2,1H3/t13-,15+/m1/s1. The predicted molar refractivity (Wildman–Crippen MR) is 75.5 cm³/mol. The van der Waals surface area contributed by atoms with E-state index in [9.17, 15) is 9.59 Å². The van der Waals surface area contributed by atoms with Crippen molar-refractivity contribution in [2.24, 2.45) is 5.92 Å². The third-order valence-corrected chi connectivity index (χ3v) is 3.55. The summed E-state index contributed by atoms with van der Waals surface area (Å²) in [6.07, 6.45) is 1.57. The van der Waals surface area contributed by atoms with Crippen molar-refractivity contribution in [3.63, 3.8) is 0 Å². The second-order valence-corrected chi connectivity index (χ2v) is 4.91. The third kappa shape index (κ3) is 2.42. The van der Waals surface area contributed by atoms with Crippen LogP contribution < -0.4 is 4.90 Å². The number of esters is 1. The van der Waals surface area contributed by atoms with Crippen molar-refractivity contribution in [1.82, 2.24) is 0 Å². The number of ether oxygens (including phenoxy) is 1. The maximum Gasteiger partial charge on any atom is 0.302 e. The van der Waals surface area contributed by atoms with Crippen molar-refractivity contribution in [3.8, 4) is 0 Å². The molecule has 108 valence electrons. The molecule has 0 unspecified atom stereocenters. The molecule has 2 atom stereocenters. The van der Waals surface area contributed by atoms with E-state index in [-0.39, 0.29) is 24.5 Å². The first-order chi connectivity index (χ1) is 10.2. The van der Waals surface area contributed by atoms with E-state index >= 15 is 0 Å². The molecule has 1 amide bonds. The van der Waals surface area contributed by atoms with E-state index in [2.05, 4.69) is 0 Å². The van der Waals surface area contributed by atoms with E-state index in [1.54, 1.807) is 17.2 Å². The lowest BCUT2D eigenvalue weighted by molar-refractivity contribution is -0.147. The molecule has 1 fully saturated rings. The summed E-state index contributed by atoms with van der Waals surface area (Å²) in [5, 5.41) is 0. The van der Waals surface area contributed by atoms with Crippen molar-refractivity contribution in [2.75, 3.05) is 11.5 Å². The minimum Gasteiger partial charge on any atom is -0.467 e. The average molecular weight is 285 g/mol. The number of anilines is 1. The molecular weight excluding hydrogens is 270 g/mol. The lowest BCUT2D eigenvalue weighted by Gasteiger charge is -2.45. The van der Waals surface area contributed by atoms with Crippen LogP contribution in [0.4, 0.5) is 5.69 Å². The normalized spacial score (nSPS) is 21.0. The van der Waals surface area contributed by atoms with Crippen molar-refractivity contribution >= 4 is 17.6 Å². The third-order valence-electron chi connectivity index (χ3n) is 3.55. The van der Waals surface area contributed by atoms with Crippen LogP contribution >= 0.6 is 0 Å². The van der Waals surface area contributed by atoms with Crippen molar-refractivity contribution in [1.29, 1.82) is 0 Å². The number of β-lactam (4-membered cyclic amide) rings is 1. The molecule has 0 N–H and O–H groups in total. The molecule has 1 aliphatic heterocycles. The molecule has 21 heavy (non-hydrogen) atoms. The Morgan fingerprint density at radius 2 is 2.00 bits per heavy atom. The van der Waals surface area contributed by atoms with E-state index in [1.807, 2.05) is 36.4 Å². The highest BCUT2D eigenvalue weighted by atomic mass is 16.5. The van der Waals surface area contributed by atoms with Crippen LogP contribution in [0.3, 0.4) is 0 Å². The van der Waals surface area contributed by atoms with Crippen molar-refractivity contribution in [2.45, 2.75) is 13.0 Å². The molecule has 5 nitrogen and oxygen atoms in total. The lowest BCUT2D eigenvalue weighted by Crippen LogP contribution is -2.57. The van der Waals surface area contributed by atoms with Crippen LogP contribution in [0.5, 0.6) is 0 Å². The summed E-state index contributed by atoms with van der Waals surface area (Å²) in [6, 6.07) is 12.8. The molecule has 5 heteroatoms. The number of carbonyl (C=O) groups is 2. The summed E-state index contributed by atoms with van der Waals surface area (Å²) < 4.78 is 10.4. The number of furan rings is 1. The first-order valence-electron chi connectivity index (χ1n) is 6.73. The number of para-hydroxylation sites is 1. The summed E-state index contributed by atoms with van der Waals surface area (Å²) in [5.41, 5.74) is 0.808. The van der Waals surface area contributed by atoms with Crippen molar-refractivity contribution < 1.29 is 18.7 Å². The lowest BCUT2D eigenvalue weighted by atomic mass is 9.85. The minimum atomic E-state index is -0.403. The van der Waals surface area contributed by atoms with E-state index < -0.39 is 5.92 Å². The van der Waals surface area contributed by atoms with Gasteiger partial charge >= 0.3 is 5.97 Å². The number of benzene rings is 1. The van der Waals surface area contributed by atoms with Gasteiger partial charge < -0.3 is 14.1 Å². The van der Waals surface area contributed by atoms with Gasteiger partial charge in [-0.15, -0.1) is 0 Å². The van der Waals surface area contributed by atoms with Gasteiger partial charge in [0.15, 0.2) is 0 Å². The molecule has 2 aromatic rings. The van der Waals surface area contributed by atoms with Gasteiger partial charge in [0.05, 0.1) is 6.26 Å². The molecular formula is C16H15NO4. The van der Waals surface area contributed by atoms with Gasteiger partial charge in [-0.25, -0.2) is 0 Å². The Morgan fingerprint density at radius 3 is 2.62 bits per heavy atom. The van der Waals surface area contributed by atoms with E-state index in [4.69, 9.17) is 9.15 Å². The molecule has 2 heterocycles. The highest BCUT2D eigenvalue weighted by Crippen LogP contribution is 2.43. The Balaban J connectivity index is 1.87. The number of nitrogens with zero attached hydrogens (tertiary/aromatic N) is 1. The molecule has 0 aliphatic carbocycles. The van der Waals surface area contributed by atoms with Crippen molar-refractivity contribution in [3.05, 3.63) is 54.5 Å². The Labute approximate surface area is 122 Å². The molecule has 1 saturated heterocycles. The molecule has 0 radical (unpaired) electrons. The van der Waals surface area contributed by atoms with E-state index in [0.29, 0.717) is 5.76 Å². The summed E-state index contributed by atoms with van der Waals surface area (Å²) in [4.78, 5) is 25.0. The molecule has 3 rings (SSSR count). The van der Waals surface area contributed by atoms with Crippen LogP contribution in [0.1, 0.15) is 18.7 Å². The molecule has 1 aromatic heterocycles. The SMILES string of the molecule is CC(=O)OC[C@H]1C(=O)N(c2ccccc2)[C@@H]1c1ccco1. The molecule has 1 aliphatic rings. The quantitative estimate of drug-likeness (QED) is 0.640. The fraction of sp³-hybridized carbons (Fsp3) is 0.250. The van der Waals surface area contributed by atoms with Gasteiger partial charge in [0.2, 0.25) is 5.91 Å². The second-order valence-electron chi connectivity index (χ2n) is 4.91. The van der Waals surface area contributed by atoms with Gasteiger partial charge in [0.25, 0.3) is 0 Å². The molecule has 1 aromatic carbocycles. The van der Waals surface area contributed by atoms with Crippen LogP contribution in [0.25, 0.3) is 0 Å². The first kappa shape index (κ1) is 13.4.